The standard InChI is InChI=1S/C15H21N3O2S.ClH/c19-14(7-12-3-2-6-21-12)18-5-1-4-13(18)15(20)17-10-11-8-16-9-11;/h2-3,6,11,13,16H,1,4-5,7-10H2,(H,17,20);1H. The van der Waals surface area contributed by atoms with Gasteiger partial charge in [0.05, 0.1) is 6.42 Å². The smallest absolute Gasteiger partial charge is 0.242 e. The summed E-state index contributed by atoms with van der Waals surface area (Å²) in [5.74, 6) is 0.630. The van der Waals surface area contributed by atoms with Crippen molar-refractivity contribution in [2.75, 3.05) is 26.2 Å². The Bertz CT molecular complexity index is 505. The number of amides is 2. The highest BCUT2D eigenvalue weighted by molar-refractivity contribution is 7.10. The molecule has 2 N–H and O–H groups in total. The van der Waals surface area contributed by atoms with Crippen molar-refractivity contribution in [3.8, 4) is 0 Å². The van der Waals surface area contributed by atoms with E-state index in [0.29, 0.717) is 18.9 Å². The van der Waals surface area contributed by atoms with Crippen LogP contribution in [0, 0.1) is 5.92 Å². The molecule has 3 rings (SSSR count). The summed E-state index contributed by atoms with van der Waals surface area (Å²) in [5.41, 5.74) is 0. The van der Waals surface area contributed by atoms with Gasteiger partial charge in [0.25, 0.3) is 0 Å². The van der Waals surface area contributed by atoms with E-state index in [0.717, 1.165) is 37.4 Å². The van der Waals surface area contributed by atoms with Gasteiger partial charge in [0.15, 0.2) is 0 Å². The normalized spacial score (nSPS) is 21.1. The number of likely N-dealkylation sites (tertiary alicyclic amines) is 1. The number of nitrogens with zero attached hydrogens (tertiary/aromatic N) is 1. The highest BCUT2D eigenvalue weighted by Crippen LogP contribution is 2.20. The van der Waals surface area contributed by atoms with E-state index in [1.165, 1.54) is 0 Å². The quantitative estimate of drug-likeness (QED) is 0.839. The topological polar surface area (TPSA) is 61.4 Å². The molecule has 0 spiro atoms. The second-order valence-corrected chi connectivity index (χ2v) is 6.80. The highest BCUT2D eigenvalue weighted by atomic mass is 35.5. The molecule has 0 radical (unpaired) electrons. The average molecular weight is 344 g/mol. The molecule has 7 heteroatoms. The fourth-order valence-corrected chi connectivity index (χ4v) is 3.55. The van der Waals surface area contributed by atoms with Crippen LogP contribution < -0.4 is 10.6 Å². The zero-order valence-electron chi connectivity index (χ0n) is 12.4. The van der Waals surface area contributed by atoms with Gasteiger partial charge in [-0.15, -0.1) is 23.7 Å². The van der Waals surface area contributed by atoms with E-state index in [1.807, 2.05) is 17.5 Å². The fourth-order valence-electron chi connectivity index (χ4n) is 2.86. The van der Waals surface area contributed by atoms with Gasteiger partial charge < -0.3 is 15.5 Å². The number of halogens is 1. The molecule has 0 aliphatic carbocycles. The summed E-state index contributed by atoms with van der Waals surface area (Å²) in [4.78, 5) is 27.5. The summed E-state index contributed by atoms with van der Waals surface area (Å²) in [7, 11) is 0. The zero-order valence-corrected chi connectivity index (χ0v) is 14.0. The molecular formula is C15H22ClN3O2S. The molecular weight excluding hydrogens is 322 g/mol. The molecule has 1 aromatic heterocycles. The van der Waals surface area contributed by atoms with Gasteiger partial charge in [-0.05, 0) is 24.3 Å². The highest BCUT2D eigenvalue weighted by Gasteiger charge is 2.34. The van der Waals surface area contributed by atoms with E-state index in [-0.39, 0.29) is 30.3 Å². The van der Waals surface area contributed by atoms with Gasteiger partial charge >= 0.3 is 0 Å². The number of rotatable bonds is 5. The molecule has 0 aromatic carbocycles. The van der Waals surface area contributed by atoms with Crippen molar-refractivity contribution < 1.29 is 9.59 Å². The maximum Gasteiger partial charge on any atom is 0.242 e. The molecule has 22 heavy (non-hydrogen) atoms. The lowest BCUT2D eigenvalue weighted by Gasteiger charge is -2.29. The molecule has 2 saturated heterocycles. The number of thiophene rings is 1. The number of hydrogen-bond donors (Lipinski definition) is 2. The molecule has 2 aliphatic heterocycles. The number of carbonyl (C=O) groups is 2. The molecule has 1 aromatic rings. The molecule has 2 amide bonds. The van der Waals surface area contributed by atoms with E-state index in [4.69, 9.17) is 0 Å². The Morgan fingerprint density at radius 2 is 2.23 bits per heavy atom. The maximum atomic E-state index is 12.4. The van der Waals surface area contributed by atoms with Crippen molar-refractivity contribution in [1.29, 1.82) is 0 Å². The Kier molecular flexibility index (Phi) is 6.23. The van der Waals surface area contributed by atoms with E-state index in [1.54, 1.807) is 16.2 Å². The Hall–Kier alpha value is -1.11. The van der Waals surface area contributed by atoms with Crippen LogP contribution in [0.3, 0.4) is 0 Å². The summed E-state index contributed by atoms with van der Waals surface area (Å²) in [6.07, 6.45) is 2.11. The van der Waals surface area contributed by atoms with Gasteiger partial charge in [-0.25, -0.2) is 0 Å². The fraction of sp³-hybridized carbons (Fsp3) is 0.600. The van der Waals surface area contributed by atoms with E-state index in [2.05, 4.69) is 10.6 Å². The number of carbonyl (C=O) groups excluding carboxylic acids is 2. The zero-order chi connectivity index (χ0) is 14.7. The van der Waals surface area contributed by atoms with Crippen molar-refractivity contribution >= 4 is 35.6 Å². The summed E-state index contributed by atoms with van der Waals surface area (Å²) in [6, 6.07) is 3.65. The van der Waals surface area contributed by atoms with E-state index in [9.17, 15) is 9.59 Å². The minimum absolute atomic E-state index is 0. The Labute approximate surface area is 140 Å². The number of hydrogen-bond acceptors (Lipinski definition) is 4. The molecule has 0 bridgehead atoms. The molecule has 3 heterocycles. The molecule has 5 nitrogen and oxygen atoms in total. The third-order valence-electron chi connectivity index (χ3n) is 4.21. The minimum atomic E-state index is -0.273. The van der Waals surface area contributed by atoms with Crippen LogP contribution in [0.5, 0.6) is 0 Å². The SMILES string of the molecule is Cl.O=C(NCC1CNC1)C1CCCN1C(=O)Cc1cccs1. The van der Waals surface area contributed by atoms with Gasteiger partial charge in [-0.3, -0.25) is 9.59 Å². The van der Waals surface area contributed by atoms with Crippen LogP contribution in [-0.2, 0) is 16.0 Å². The van der Waals surface area contributed by atoms with Crippen molar-refractivity contribution in [2.45, 2.75) is 25.3 Å². The first-order chi connectivity index (χ1) is 10.2. The van der Waals surface area contributed by atoms with Gasteiger partial charge in [0.1, 0.15) is 6.04 Å². The Morgan fingerprint density at radius 3 is 2.86 bits per heavy atom. The largest absolute Gasteiger partial charge is 0.354 e. The first-order valence-corrected chi connectivity index (χ1v) is 8.42. The van der Waals surface area contributed by atoms with Crippen LogP contribution in [-0.4, -0.2) is 48.9 Å². The van der Waals surface area contributed by atoms with Gasteiger partial charge in [0, 0.05) is 37.0 Å². The van der Waals surface area contributed by atoms with Crippen molar-refractivity contribution in [3.63, 3.8) is 0 Å². The molecule has 2 aliphatic rings. The summed E-state index contributed by atoms with van der Waals surface area (Å²) >= 11 is 1.59. The van der Waals surface area contributed by atoms with Gasteiger partial charge in [-0.1, -0.05) is 6.07 Å². The molecule has 2 fully saturated rings. The molecule has 1 unspecified atom stereocenters. The maximum absolute atomic E-state index is 12.4. The summed E-state index contributed by atoms with van der Waals surface area (Å²) < 4.78 is 0. The molecule has 122 valence electrons. The lowest BCUT2D eigenvalue weighted by Crippen LogP contribution is -2.52. The van der Waals surface area contributed by atoms with E-state index < -0.39 is 0 Å². The summed E-state index contributed by atoms with van der Waals surface area (Å²) in [6.45, 7) is 3.38. The van der Waals surface area contributed by atoms with Gasteiger partial charge in [0.2, 0.25) is 11.8 Å². The first kappa shape index (κ1) is 17.2. The van der Waals surface area contributed by atoms with Crippen LogP contribution in [0.1, 0.15) is 17.7 Å². The van der Waals surface area contributed by atoms with Crippen molar-refractivity contribution in [3.05, 3.63) is 22.4 Å². The first-order valence-electron chi connectivity index (χ1n) is 7.54. The average Bonchev–Trinajstić information content (AvgIpc) is 3.07. The van der Waals surface area contributed by atoms with Crippen LogP contribution in [0.2, 0.25) is 0 Å². The second-order valence-electron chi connectivity index (χ2n) is 5.77. The monoisotopic (exact) mass is 343 g/mol. The van der Waals surface area contributed by atoms with Crippen molar-refractivity contribution in [1.82, 2.24) is 15.5 Å². The van der Waals surface area contributed by atoms with Crippen LogP contribution in [0.25, 0.3) is 0 Å². The predicted octanol–water partition coefficient (Wildman–Crippen LogP) is 1.04. The van der Waals surface area contributed by atoms with Crippen molar-refractivity contribution in [2.24, 2.45) is 5.92 Å². The van der Waals surface area contributed by atoms with Crippen LogP contribution in [0.4, 0.5) is 0 Å². The molecule has 0 saturated carbocycles. The lowest BCUT2D eigenvalue weighted by molar-refractivity contribution is -0.138. The third kappa shape index (κ3) is 4.00. The molecule has 1 atom stereocenters. The lowest BCUT2D eigenvalue weighted by atomic mass is 10.0. The Balaban J connectivity index is 0.00000176. The van der Waals surface area contributed by atoms with Gasteiger partial charge in [-0.2, -0.15) is 0 Å². The second kappa shape index (κ2) is 7.94. The van der Waals surface area contributed by atoms with E-state index >= 15 is 0 Å². The summed E-state index contributed by atoms with van der Waals surface area (Å²) in [5, 5.41) is 8.17. The minimum Gasteiger partial charge on any atom is -0.354 e. The van der Waals surface area contributed by atoms with Crippen LogP contribution in [0.15, 0.2) is 17.5 Å². The third-order valence-corrected chi connectivity index (χ3v) is 5.09. The Morgan fingerprint density at radius 1 is 1.41 bits per heavy atom. The van der Waals surface area contributed by atoms with Crippen LogP contribution >= 0.6 is 23.7 Å². The predicted molar refractivity (Wildman–Crippen MR) is 89.4 cm³/mol. The number of nitrogens with one attached hydrogen (secondary N) is 2.